The monoisotopic (exact) mass is 697 g/mol. The fraction of sp³-hybridized carbons (Fsp3) is 0.0204. The van der Waals surface area contributed by atoms with E-state index in [1.165, 1.54) is 0 Å². The van der Waals surface area contributed by atoms with E-state index in [0.717, 1.165) is 39.6 Å². The molecule has 5 heteroatoms. The van der Waals surface area contributed by atoms with Gasteiger partial charge in [0.05, 0.1) is 16.6 Å². The zero-order valence-corrected chi connectivity index (χ0v) is 29.6. The number of rotatable bonds is 7. The highest BCUT2D eigenvalue weighted by Gasteiger charge is 2.28. The van der Waals surface area contributed by atoms with Gasteiger partial charge in [-0.25, -0.2) is 0 Å². The number of hydrogen-bond acceptors (Lipinski definition) is 3. The standard InChI is InChI=1S/C49H35N3O2/c1-34-45(35-20-8-2-9-21-35)47(53)41-32-42-44(33-43(41)50(34)37-24-12-4-13-25-37)52(40-30-18-7-19-31-40)49(46(48(42)54)36-22-10-3-11-23-36)51(38-26-14-5-15-27-38)39-28-16-6-17-29-39/h2-33H,1H3. The molecular weight excluding hydrogens is 663 g/mol. The Morgan fingerprint density at radius 3 is 1.26 bits per heavy atom. The van der Waals surface area contributed by atoms with E-state index in [9.17, 15) is 4.79 Å². The lowest BCUT2D eigenvalue weighted by Crippen LogP contribution is -2.23. The third kappa shape index (κ3) is 5.51. The lowest BCUT2D eigenvalue weighted by Gasteiger charge is -2.32. The van der Waals surface area contributed by atoms with Crippen LogP contribution in [0.3, 0.4) is 0 Å². The van der Waals surface area contributed by atoms with Crippen molar-refractivity contribution in [3.63, 3.8) is 0 Å². The number of benzene rings is 7. The van der Waals surface area contributed by atoms with Crippen molar-refractivity contribution in [2.24, 2.45) is 0 Å². The maximum Gasteiger partial charge on any atom is 0.199 e. The molecule has 0 radical (unpaired) electrons. The summed E-state index contributed by atoms with van der Waals surface area (Å²) in [7, 11) is 0. The van der Waals surface area contributed by atoms with Crippen molar-refractivity contribution in [3.8, 4) is 33.6 Å². The van der Waals surface area contributed by atoms with E-state index in [1.54, 1.807) is 0 Å². The second kappa shape index (κ2) is 13.7. The molecule has 9 rings (SSSR count). The lowest BCUT2D eigenvalue weighted by atomic mass is 9.97. The summed E-state index contributed by atoms with van der Waals surface area (Å²) in [6.45, 7) is 2.00. The zero-order chi connectivity index (χ0) is 36.6. The SMILES string of the molecule is Cc1c(-c2ccccc2)c(=O)c2cc3c(=O)c(-c4ccccc4)c(N(c4ccccc4)c4ccccc4)n(-c4ccccc4)c3cc2n1-c1ccccc1. The Kier molecular flexibility index (Phi) is 8.29. The Morgan fingerprint density at radius 2 is 0.778 bits per heavy atom. The minimum absolute atomic E-state index is 0.117. The molecule has 258 valence electrons. The normalized spacial score (nSPS) is 11.2. The molecule has 0 spiro atoms. The molecule has 54 heavy (non-hydrogen) atoms. The summed E-state index contributed by atoms with van der Waals surface area (Å²) >= 11 is 0. The van der Waals surface area contributed by atoms with Gasteiger partial charge in [0.25, 0.3) is 0 Å². The molecule has 0 saturated carbocycles. The molecule has 0 aliphatic carbocycles. The van der Waals surface area contributed by atoms with E-state index in [-0.39, 0.29) is 10.9 Å². The van der Waals surface area contributed by atoms with Gasteiger partial charge < -0.3 is 4.57 Å². The maximum atomic E-state index is 15.5. The van der Waals surface area contributed by atoms with Gasteiger partial charge in [0.1, 0.15) is 5.82 Å². The van der Waals surface area contributed by atoms with Gasteiger partial charge in [-0.05, 0) is 78.7 Å². The minimum Gasteiger partial charge on any atom is -0.313 e. The van der Waals surface area contributed by atoms with E-state index in [2.05, 4.69) is 62.6 Å². The Morgan fingerprint density at radius 1 is 0.407 bits per heavy atom. The van der Waals surface area contributed by atoms with Crippen molar-refractivity contribution >= 4 is 39.0 Å². The van der Waals surface area contributed by atoms with Gasteiger partial charge in [0.2, 0.25) is 0 Å². The topological polar surface area (TPSA) is 47.2 Å². The third-order valence-electron chi connectivity index (χ3n) is 10.1. The fourth-order valence-corrected chi connectivity index (χ4v) is 7.68. The average Bonchev–Trinajstić information content (AvgIpc) is 3.23. The number of anilines is 3. The van der Waals surface area contributed by atoms with Gasteiger partial charge >= 0.3 is 0 Å². The highest BCUT2D eigenvalue weighted by atomic mass is 16.1. The van der Waals surface area contributed by atoms with Crippen molar-refractivity contribution in [3.05, 3.63) is 220 Å². The van der Waals surface area contributed by atoms with E-state index in [1.807, 2.05) is 153 Å². The van der Waals surface area contributed by atoms with Crippen molar-refractivity contribution in [2.45, 2.75) is 6.92 Å². The lowest BCUT2D eigenvalue weighted by molar-refractivity contribution is 1.02. The predicted octanol–water partition coefficient (Wildman–Crippen LogP) is 11.4. The van der Waals surface area contributed by atoms with E-state index < -0.39 is 0 Å². The number of pyridine rings is 2. The quantitative estimate of drug-likeness (QED) is 0.156. The molecule has 0 atom stereocenters. The smallest absolute Gasteiger partial charge is 0.199 e. The first kappa shape index (κ1) is 32.7. The summed E-state index contributed by atoms with van der Waals surface area (Å²) in [5.74, 6) is 0.688. The van der Waals surface area contributed by atoms with Crippen molar-refractivity contribution in [1.82, 2.24) is 9.13 Å². The Labute approximate surface area is 312 Å². The van der Waals surface area contributed by atoms with Crippen LogP contribution in [0.4, 0.5) is 17.2 Å². The molecule has 0 aliphatic heterocycles. The van der Waals surface area contributed by atoms with E-state index in [0.29, 0.717) is 38.8 Å². The Hall–Kier alpha value is -7.24. The van der Waals surface area contributed by atoms with Crippen LogP contribution in [0.1, 0.15) is 5.69 Å². The van der Waals surface area contributed by atoms with Gasteiger partial charge in [-0.3, -0.25) is 19.1 Å². The highest BCUT2D eigenvalue weighted by Crippen LogP contribution is 2.43. The van der Waals surface area contributed by atoms with Crippen molar-refractivity contribution in [2.75, 3.05) is 4.90 Å². The first-order valence-corrected chi connectivity index (χ1v) is 18.0. The third-order valence-corrected chi connectivity index (χ3v) is 10.1. The summed E-state index contributed by atoms with van der Waals surface area (Å²) in [6.07, 6.45) is 0. The van der Waals surface area contributed by atoms with Crippen LogP contribution >= 0.6 is 0 Å². The van der Waals surface area contributed by atoms with Crippen LogP contribution < -0.4 is 15.8 Å². The Bertz CT molecular complexity index is 2850. The molecule has 9 aromatic rings. The molecule has 0 bridgehead atoms. The minimum atomic E-state index is -0.162. The molecule has 2 aromatic heterocycles. The van der Waals surface area contributed by atoms with Crippen LogP contribution in [-0.4, -0.2) is 9.13 Å². The zero-order valence-electron chi connectivity index (χ0n) is 29.6. The van der Waals surface area contributed by atoms with Crippen LogP contribution in [0.2, 0.25) is 0 Å². The molecule has 0 saturated heterocycles. The molecule has 7 aromatic carbocycles. The molecular formula is C49H35N3O2. The van der Waals surface area contributed by atoms with Crippen LogP contribution in [0.15, 0.2) is 204 Å². The van der Waals surface area contributed by atoms with Crippen molar-refractivity contribution < 1.29 is 0 Å². The van der Waals surface area contributed by atoms with Gasteiger partial charge in [0.15, 0.2) is 10.9 Å². The van der Waals surface area contributed by atoms with Crippen LogP contribution in [0, 0.1) is 6.92 Å². The molecule has 0 N–H and O–H groups in total. The Balaban J connectivity index is 1.53. The number of hydrogen-bond donors (Lipinski definition) is 0. The van der Waals surface area contributed by atoms with E-state index in [4.69, 9.17) is 0 Å². The van der Waals surface area contributed by atoms with Gasteiger partial charge in [0, 0.05) is 44.8 Å². The number of fused-ring (bicyclic) bond motifs is 2. The van der Waals surface area contributed by atoms with Gasteiger partial charge in [-0.1, -0.05) is 133 Å². The predicted molar refractivity (Wildman–Crippen MR) is 223 cm³/mol. The average molecular weight is 698 g/mol. The van der Waals surface area contributed by atoms with Gasteiger partial charge in [-0.2, -0.15) is 0 Å². The van der Waals surface area contributed by atoms with Gasteiger partial charge in [-0.15, -0.1) is 0 Å². The van der Waals surface area contributed by atoms with Crippen LogP contribution in [0.25, 0.3) is 55.4 Å². The second-order valence-corrected chi connectivity index (χ2v) is 13.3. The fourth-order valence-electron chi connectivity index (χ4n) is 7.68. The summed E-state index contributed by atoms with van der Waals surface area (Å²) in [5, 5.41) is 0.928. The first-order valence-electron chi connectivity index (χ1n) is 18.0. The maximum absolute atomic E-state index is 15.5. The molecule has 2 heterocycles. The molecule has 0 unspecified atom stereocenters. The van der Waals surface area contributed by atoms with E-state index >= 15 is 4.79 Å². The molecule has 0 amide bonds. The van der Waals surface area contributed by atoms with Crippen molar-refractivity contribution in [1.29, 1.82) is 0 Å². The summed E-state index contributed by atoms with van der Waals surface area (Å²) < 4.78 is 4.33. The number of aromatic nitrogens is 2. The summed E-state index contributed by atoms with van der Waals surface area (Å²) in [4.78, 5) is 32.5. The van der Waals surface area contributed by atoms with Crippen LogP contribution in [-0.2, 0) is 0 Å². The number of para-hydroxylation sites is 4. The molecule has 0 aliphatic rings. The summed E-state index contributed by atoms with van der Waals surface area (Å²) in [6, 6.07) is 64.0. The largest absolute Gasteiger partial charge is 0.313 e. The van der Waals surface area contributed by atoms with Crippen LogP contribution in [0.5, 0.6) is 0 Å². The molecule has 5 nitrogen and oxygen atoms in total. The highest BCUT2D eigenvalue weighted by molar-refractivity contribution is 6.03. The molecule has 0 fully saturated rings. The first-order chi connectivity index (χ1) is 26.6. The number of nitrogens with zero attached hydrogens (tertiary/aromatic N) is 3. The second-order valence-electron chi connectivity index (χ2n) is 13.3. The summed E-state index contributed by atoms with van der Waals surface area (Å²) in [5.41, 5.74) is 8.25.